The largest absolute Gasteiger partial charge is 0.459 e. The first-order valence-corrected chi connectivity index (χ1v) is 7.30. The minimum Gasteiger partial charge on any atom is -0.459 e. The van der Waals surface area contributed by atoms with E-state index in [1.54, 1.807) is 0 Å². The fraction of sp³-hybridized carbons (Fsp3) is 0.438. The predicted molar refractivity (Wildman–Crippen MR) is 80.0 cm³/mol. The zero-order chi connectivity index (χ0) is 14.7. The number of nitrogens with one attached hydrogen (secondary N) is 1. The molecular formula is C16H20N2O3. The summed E-state index contributed by atoms with van der Waals surface area (Å²) in [5.74, 6) is 0.802. The van der Waals surface area contributed by atoms with Gasteiger partial charge in [-0.05, 0) is 19.1 Å². The van der Waals surface area contributed by atoms with Gasteiger partial charge in [0.15, 0.2) is 0 Å². The Morgan fingerprint density at radius 2 is 2.10 bits per heavy atom. The van der Waals surface area contributed by atoms with Crippen LogP contribution in [-0.2, 0) is 9.53 Å². The van der Waals surface area contributed by atoms with Crippen LogP contribution < -0.4 is 5.32 Å². The molecule has 112 valence electrons. The van der Waals surface area contributed by atoms with Crippen molar-refractivity contribution in [2.24, 2.45) is 0 Å². The molecule has 1 aromatic carbocycles. The minimum atomic E-state index is -0.133. The molecule has 0 spiro atoms. The van der Waals surface area contributed by atoms with Crippen molar-refractivity contribution < 1.29 is 13.9 Å². The van der Waals surface area contributed by atoms with E-state index in [0.29, 0.717) is 19.8 Å². The van der Waals surface area contributed by atoms with Crippen LogP contribution in [0.3, 0.4) is 0 Å². The Morgan fingerprint density at radius 1 is 1.33 bits per heavy atom. The number of nitrogens with zero attached hydrogens (tertiary/aromatic N) is 1. The number of carbonyl (C=O) groups is 1. The van der Waals surface area contributed by atoms with E-state index < -0.39 is 0 Å². The third kappa shape index (κ3) is 3.43. The van der Waals surface area contributed by atoms with Crippen molar-refractivity contribution in [3.05, 3.63) is 36.1 Å². The van der Waals surface area contributed by atoms with E-state index in [1.165, 1.54) is 0 Å². The standard InChI is InChI=1S/C16H20N2O3/c1-12(15-10-13-4-2-3-5-14(13)21-15)17-16(19)11-18-6-8-20-9-7-18/h2-5,10,12H,6-9,11H2,1H3,(H,17,19)/t12-/m0/s1. The number of carbonyl (C=O) groups excluding carboxylic acids is 1. The SMILES string of the molecule is C[C@H](NC(=O)CN1CCOCC1)c1cc2ccccc2o1. The second-order valence-electron chi connectivity index (χ2n) is 5.36. The molecule has 0 saturated carbocycles. The van der Waals surface area contributed by atoms with Crippen molar-refractivity contribution >= 4 is 16.9 Å². The molecule has 0 radical (unpaired) electrons. The maximum atomic E-state index is 12.1. The third-order valence-electron chi connectivity index (χ3n) is 3.72. The van der Waals surface area contributed by atoms with Crippen molar-refractivity contribution in [2.45, 2.75) is 13.0 Å². The molecule has 0 aliphatic carbocycles. The molecule has 1 aliphatic rings. The highest BCUT2D eigenvalue weighted by Crippen LogP contribution is 2.23. The molecule has 0 unspecified atom stereocenters. The number of morpholine rings is 1. The maximum absolute atomic E-state index is 12.1. The maximum Gasteiger partial charge on any atom is 0.234 e. The first kappa shape index (κ1) is 14.1. The van der Waals surface area contributed by atoms with Gasteiger partial charge in [0, 0.05) is 18.5 Å². The normalized spacial score (nSPS) is 17.8. The molecule has 1 amide bonds. The molecule has 2 heterocycles. The minimum absolute atomic E-state index is 0.0184. The Kier molecular flexibility index (Phi) is 4.22. The zero-order valence-corrected chi connectivity index (χ0v) is 12.2. The van der Waals surface area contributed by atoms with Gasteiger partial charge >= 0.3 is 0 Å². The first-order valence-electron chi connectivity index (χ1n) is 7.30. The smallest absolute Gasteiger partial charge is 0.234 e. The Labute approximate surface area is 123 Å². The second kappa shape index (κ2) is 6.28. The van der Waals surface area contributed by atoms with E-state index in [4.69, 9.17) is 9.15 Å². The lowest BCUT2D eigenvalue weighted by atomic mass is 10.2. The van der Waals surface area contributed by atoms with Crippen LogP contribution in [0.25, 0.3) is 11.0 Å². The van der Waals surface area contributed by atoms with Crippen LogP contribution in [0.15, 0.2) is 34.7 Å². The summed E-state index contributed by atoms with van der Waals surface area (Å²) in [6.45, 7) is 5.38. The third-order valence-corrected chi connectivity index (χ3v) is 3.72. The number of furan rings is 1. The van der Waals surface area contributed by atoms with Crippen LogP contribution >= 0.6 is 0 Å². The van der Waals surface area contributed by atoms with Crippen LogP contribution in [0.5, 0.6) is 0 Å². The molecule has 1 N–H and O–H groups in total. The highest BCUT2D eigenvalue weighted by Gasteiger charge is 2.17. The van der Waals surface area contributed by atoms with E-state index in [1.807, 2.05) is 37.3 Å². The van der Waals surface area contributed by atoms with Gasteiger partial charge < -0.3 is 14.5 Å². The van der Waals surface area contributed by atoms with E-state index in [2.05, 4.69) is 10.2 Å². The topological polar surface area (TPSA) is 54.7 Å². The molecule has 5 heteroatoms. The lowest BCUT2D eigenvalue weighted by Gasteiger charge is -2.26. The van der Waals surface area contributed by atoms with E-state index in [0.717, 1.165) is 29.8 Å². The molecular weight excluding hydrogens is 268 g/mol. The fourth-order valence-electron chi connectivity index (χ4n) is 2.54. The van der Waals surface area contributed by atoms with Gasteiger partial charge in [-0.15, -0.1) is 0 Å². The summed E-state index contributed by atoms with van der Waals surface area (Å²) in [6, 6.07) is 9.70. The summed E-state index contributed by atoms with van der Waals surface area (Å²) in [5, 5.41) is 4.05. The molecule has 0 bridgehead atoms. The van der Waals surface area contributed by atoms with Gasteiger partial charge in [-0.1, -0.05) is 18.2 Å². The predicted octanol–water partition coefficient (Wildman–Crippen LogP) is 1.94. The Bertz CT molecular complexity index is 584. The summed E-state index contributed by atoms with van der Waals surface area (Å²) in [7, 11) is 0. The number of para-hydroxylation sites is 1. The van der Waals surface area contributed by atoms with Crippen LogP contribution in [-0.4, -0.2) is 43.7 Å². The number of amides is 1. The van der Waals surface area contributed by atoms with Crippen molar-refractivity contribution in [3.8, 4) is 0 Å². The number of rotatable bonds is 4. The summed E-state index contributed by atoms with van der Waals surface area (Å²) >= 11 is 0. The van der Waals surface area contributed by atoms with Gasteiger partial charge in [-0.3, -0.25) is 9.69 Å². The van der Waals surface area contributed by atoms with Gasteiger partial charge in [-0.2, -0.15) is 0 Å². The molecule has 1 aromatic heterocycles. The highest BCUT2D eigenvalue weighted by atomic mass is 16.5. The molecule has 1 saturated heterocycles. The van der Waals surface area contributed by atoms with Gasteiger partial charge in [0.25, 0.3) is 0 Å². The molecule has 1 fully saturated rings. The average Bonchev–Trinajstić information content (AvgIpc) is 2.92. The quantitative estimate of drug-likeness (QED) is 0.934. The molecule has 21 heavy (non-hydrogen) atoms. The second-order valence-corrected chi connectivity index (χ2v) is 5.36. The van der Waals surface area contributed by atoms with Crippen molar-refractivity contribution in [1.82, 2.24) is 10.2 Å². The first-order chi connectivity index (χ1) is 10.2. The number of hydrogen-bond acceptors (Lipinski definition) is 4. The molecule has 2 aromatic rings. The van der Waals surface area contributed by atoms with Crippen molar-refractivity contribution in [2.75, 3.05) is 32.8 Å². The lowest BCUT2D eigenvalue weighted by molar-refractivity contribution is -0.124. The molecule has 5 nitrogen and oxygen atoms in total. The number of ether oxygens (including phenoxy) is 1. The van der Waals surface area contributed by atoms with Gasteiger partial charge in [0.05, 0.1) is 25.8 Å². The zero-order valence-electron chi connectivity index (χ0n) is 12.2. The number of benzene rings is 1. The molecule has 1 atom stereocenters. The van der Waals surface area contributed by atoms with Crippen molar-refractivity contribution in [3.63, 3.8) is 0 Å². The summed E-state index contributed by atoms with van der Waals surface area (Å²) < 4.78 is 11.0. The van der Waals surface area contributed by atoms with Crippen LogP contribution in [0.1, 0.15) is 18.7 Å². The monoisotopic (exact) mass is 288 g/mol. The fourth-order valence-corrected chi connectivity index (χ4v) is 2.54. The Balaban J connectivity index is 1.59. The van der Waals surface area contributed by atoms with E-state index >= 15 is 0 Å². The average molecular weight is 288 g/mol. The van der Waals surface area contributed by atoms with Gasteiger partial charge in [0.1, 0.15) is 11.3 Å². The summed E-state index contributed by atoms with van der Waals surface area (Å²) in [4.78, 5) is 14.2. The van der Waals surface area contributed by atoms with E-state index in [-0.39, 0.29) is 11.9 Å². The van der Waals surface area contributed by atoms with Gasteiger partial charge in [0.2, 0.25) is 5.91 Å². The van der Waals surface area contributed by atoms with Crippen LogP contribution in [0.2, 0.25) is 0 Å². The molecule has 1 aliphatic heterocycles. The van der Waals surface area contributed by atoms with Crippen LogP contribution in [0.4, 0.5) is 0 Å². The Morgan fingerprint density at radius 3 is 2.86 bits per heavy atom. The number of fused-ring (bicyclic) bond motifs is 1. The van der Waals surface area contributed by atoms with Crippen LogP contribution in [0, 0.1) is 0 Å². The summed E-state index contributed by atoms with van der Waals surface area (Å²) in [6.07, 6.45) is 0. The number of hydrogen-bond donors (Lipinski definition) is 1. The lowest BCUT2D eigenvalue weighted by Crippen LogP contribution is -2.43. The van der Waals surface area contributed by atoms with Crippen molar-refractivity contribution in [1.29, 1.82) is 0 Å². The Hall–Kier alpha value is -1.85. The highest BCUT2D eigenvalue weighted by molar-refractivity contribution is 5.80. The molecule has 3 rings (SSSR count). The summed E-state index contributed by atoms with van der Waals surface area (Å²) in [5.41, 5.74) is 0.849. The van der Waals surface area contributed by atoms with E-state index in [9.17, 15) is 4.79 Å². The van der Waals surface area contributed by atoms with Gasteiger partial charge in [-0.25, -0.2) is 0 Å².